The molecule has 23 heteroatoms. The van der Waals surface area contributed by atoms with Gasteiger partial charge in [-0.25, -0.2) is 4.21 Å². The number of hydrogen-bond acceptors (Lipinski definition) is 12. The van der Waals surface area contributed by atoms with Gasteiger partial charge < -0.3 is 41.8 Å². The maximum absolute atomic E-state index is 12.8. The Morgan fingerprint density at radius 1 is 0.365 bits per heavy atom. The van der Waals surface area contributed by atoms with Gasteiger partial charge in [0.25, 0.3) is 29.5 Å². The molecule has 0 radical (unpaired) electrons. The Morgan fingerprint density at radius 3 is 0.919 bits per heavy atom. The van der Waals surface area contributed by atoms with Crippen LogP contribution in [0.15, 0.2) is 351 Å². The van der Waals surface area contributed by atoms with Gasteiger partial charge >= 0.3 is 18.9 Å². The number of piperazine rings is 2. The zero-order chi connectivity index (χ0) is 106. The minimum Gasteiger partial charge on any atom is -0.384 e. The van der Waals surface area contributed by atoms with Gasteiger partial charge in [0.05, 0.1) is 17.5 Å². The minimum atomic E-state index is -1.67. The van der Waals surface area contributed by atoms with Crippen molar-refractivity contribution in [1.82, 2.24) is 44.5 Å². The van der Waals surface area contributed by atoms with Gasteiger partial charge in [-0.05, 0) is 265 Å². The fraction of sp³-hybridized carbons (Fsp3) is 0.288. The van der Waals surface area contributed by atoms with Crippen LogP contribution >= 0.6 is 48.9 Å². The van der Waals surface area contributed by atoms with Crippen molar-refractivity contribution >= 4 is 148 Å². The Labute approximate surface area is 914 Å². The largest absolute Gasteiger partial charge is 1.00 e. The number of hydrogen-bond donors (Lipinski definition) is 2. The molecule has 0 aliphatic carbocycles. The number of benzene rings is 15. The summed E-state index contributed by atoms with van der Waals surface area (Å²) < 4.78 is 10.2. The number of nitrogens with zero attached hydrogens (tertiary/aromatic N) is 8. The van der Waals surface area contributed by atoms with E-state index >= 15 is 0 Å². The molecule has 15 aromatic rings. The summed E-state index contributed by atoms with van der Waals surface area (Å²) in [4.78, 5) is 89.2. The monoisotopic (exact) mass is 2120 g/mol. The molecule has 4 unspecified atom stereocenters. The number of alkyl halides is 1. The van der Waals surface area contributed by atoms with Crippen LogP contribution < -0.4 is 24.2 Å². The first-order chi connectivity index (χ1) is 71.3. The molecule has 2 saturated heterocycles. The van der Waals surface area contributed by atoms with Crippen molar-refractivity contribution in [2.45, 2.75) is 113 Å². The predicted octanol–water partition coefficient (Wildman–Crippen LogP) is 24.8. The van der Waals surface area contributed by atoms with Gasteiger partial charge in [-0.3, -0.25) is 43.5 Å². The van der Waals surface area contributed by atoms with Crippen molar-refractivity contribution in [3.63, 3.8) is 0 Å². The maximum Gasteiger partial charge on any atom is 1.00 e. The summed E-state index contributed by atoms with van der Waals surface area (Å²) in [6, 6.07) is 112. The van der Waals surface area contributed by atoms with Crippen LogP contribution in [0.3, 0.4) is 0 Å². The third kappa shape index (κ3) is 34.7. The summed E-state index contributed by atoms with van der Waals surface area (Å²) in [6.45, 7) is 45.7. The number of fused-ring (bicyclic) bond motifs is 5. The second-order valence-corrected chi connectivity index (χ2v) is 39.4. The molecule has 0 bridgehead atoms. The van der Waals surface area contributed by atoms with Crippen LogP contribution in [0.25, 0.3) is 53.9 Å². The quantitative estimate of drug-likeness (QED) is 0.0113. The van der Waals surface area contributed by atoms with Crippen LogP contribution in [0, 0.1) is 6.92 Å². The van der Waals surface area contributed by atoms with Crippen molar-refractivity contribution in [3.8, 4) is 0 Å². The summed E-state index contributed by atoms with van der Waals surface area (Å²) in [5.74, 6) is 0.311. The standard InChI is InChI=1S/C29H35N3O.C26H31N3O.C22H22ClNO.C22H23NO2.C12H15NO2.C10H7Br.C4H9.Cl2OS.Li/c1-4-17-30-18-20-32(21-19-30)28(27-16-11-23-9-7-8-10-26(23)22-27)24-12-14-25(15-13-24)29(33)31(5-2)6-3;1-3-28(4-2)26(30)22-12-10-21(11-13-22)25(29-17-15-27-16-18-29)24-14-9-20-7-5-6-8-23(20)19-24;1-3-24(4-2)22(25)18-12-10-17(11-13-18)21(23)20-14-9-16-7-5-6-8-19(16)15-20;1-3-23(4-2)22(25)18-12-10-17(11-13-18)21(24)20-14-9-16-7-5-6-8-19(16)15-20;1-3-13(4-2)12(15)11-7-5-10(9-14)6-8-11;11-10-6-5-8-3-1-2-4-9(8)7-10;1-3-4-2;1-4(2)3;/h4,7-16,22,28H,1,5-6,17-21H2,2-3H3;5-14,19,25,27H,3-4,15-18H2,1-2H3;5-15,21H,3-4H2,1-2H3;5-15,21,24H,3-4H2,1-2H3;5-9H,3-4H2,1-2H3;1-7H;1,3-4H2,2H3;;/q;;;;;;-1;;+1. The number of carbonyl (C=O) groups excluding carboxylic acids is 6. The number of aldehydes is 1. The van der Waals surface area contributed by atoms with Crippen LogP contribution in [0.5, 0.6) is 0 Å². The normalized spacial score (nSPS) is 13.0. The number of unbranched alkanes of at least 4 members (excludes halogenated alkanes) is 1. The van der Waals surface area contributed by atoms with Gasteiger partial charge in [-0.1, -0.05) is 272 Å². The molecule has 2 heterocycles. The molecule has 148 heavy (non-hydrogen) atoms. The fourth-order valence-corrected chi connectivity index (χ4v) is 18.6. The zero-order valence-electron chi connectivity index (χ0n) is 87.8. The zero-order valence-corrected chi connectivity index (χ0v) is 92.5. The first-order valence-electron chi connectivity index (χ1n) is 51.2. The van der Waals surface area contributed by atoms with Gasteiger partial charge in [0.15, 0.2) is 0 Å². The third-order valence-corrected chi connectivity index (χ3v) is 27.5. The molecule has 4 atom stereocenters. The number of aliphatic hydroxyl groups is 1. The summed E-state index contributed by atoms with van der Waals surface area (Å²) >= 11 is 10.1. The predicted molar refractivity (Wildman–Crippen MR) is 620 cm³/mol. The van der Waals surface area contributed by atoms with Crippen LogP contribution in [0.1, 0.15) is 219 Å². The smallest absolute Gasteiger partial charge is 0.384 e. The van der Waals surface area contributed by atoms with Crippen molar-refractivity contribution in [3.05, 3.63) is 436 Å². The van der Waals surface area contributed by atoms with Crippen LogP contribution in [-0.4, -0.2) is 209 Å². The molecule has 2 fully saturated rings. The maximum atomic E-state index is 12.8. The fourth-order valence-electron chi connectivity index (χ4n) is 18.0. The molecule has 17 rings (SSSR count). The van der Waals surface area contributed by atoms with Gasteiger partial charge in [-0.2, -0.15) is 6.42 Å². The van der Waals surface area contributed by atoms with E-state index in [0.29, 0.717) is 61.5 Å². The van der Waals surface area contributed by atoms with Crippen molar-refractivity contribution in [2.75, 3.05) is 124 Å². The molecule has 5 amide bonds. The summed E-state index contributed by atoms with van der Waals surface area (Å²) in [6.07, 6.45) is 4.33. The molecule has 2 aliphatic rings. The Morgan fingerprint density at radius 2 is 0.615 bits per heavy atom. The number of amides is 5. The first kappa shape index (κ1) is 120. The Balaban J connectivity index is 0.000000199. The molecule has 2 aliphatic heterocycles. The number of rotatable bonds is 29. The van der Waals surface area contributed by atoms with Crippen molar-refractivity contribution in [1.29, 1.82) is 0 Å². The number of aliphatic hydroxyl groups excluding tert-OH is 1. The summed E-state index contributed by atoms with van der Waals surface area (Å²) in [7, 11) is 7.36. The molecule has 0 spiro atoms. The summed E-state index contributed by atoms with van der Waals surface area (Å²) in [5.41, 5.74) is 12.9. The number of carbonyl (C=O) groups is 6. The molecular weight excluding hydrogens is 1980 g/mol. The van der Waals surface area contributed by atoms with E-state index in [1.807, 2.05) is 199 Å². The molecule has 770 valence electrons. The first-order valence-corrected chi connectivity index (χ1v) is 55.3. The second-order valence-electron chi connectivity index (χ2n) is 35.6. The van der Waals surface area contributed by atoms with E-state index in [4.69, 9.17) is 15.8 Å². The van der Waals surface area contributed by atoms with Crippen LogP contribution in [-0.2, 0) is 9.23 Å². The van der Waals surface area contributed by atoms with Crippen molar-refractivity contribution < 1.29 is 56.9 Å². The molecular formula is C125H142BrCl3LiN9O8S. The third-order valence-electron chi connectivity index (χ3n) is 26.5. The molecule has 0 saturated carbocycles. The van der Waals surface area contributed by atoms with E-state index < -0.39 is 15.3 Å². The molecule has 0 aromatic heterocycles. The van der Waals surface area contributed by atoms with Crippen molar-refractivity contribution in [2.24, 2.45) is 0 Å². The summed E-state index contributed by atoms with van der Waals surface area (Å²) in [5, 5.41) is 26.2. The number of halogens is 4. The number of nitrogens with one attached hydrogen (secondary N) is 1. The van der Waals surface area contributed by atoms with E-state index in [1.165, 1.54) is 71.8 Å². The Kier molecular flexibility index (Phi) is 51.2. The Hall–Kier alpha value is -11.7. The second kappa shape index (κ2) is 63.3. The van der Waals surface area contributed by atoms with Gasteiger partial charge in [0.1, 0.15) is 12.4 Å². The van der Waals surface area contributed by atoms with E-state index in [2.05, 4.69) is 266 Å². The molecule has 17 nitrogen and oxygen atoms in total. The average molecular weight is 2120 g/mol. The van der Waals surface area contributed by atoms with E-state index in [1.54, 1.807) is 46.2 Å². The van der Waals surface area contributed by atoms with Crippen LogP contribution in [0.2, 0.25) is 0 Å². The Bertz CT molecular complexity index is 6540. The van der Waals surface area contributed by atoms with E-state index in [0.717, 1.165) is 146 Å². The average Bonchev–Trinajstić information content (AvgIpc) is 0.770. The topological polar surface area (TPSA) is 178 Å². The van der Waals surface area contributed by atoms with Gasteiger partial charge in [-0.15, -0.1) is 18.2 Å². The minimum absolute atomic E-state index is 0. The van der Waals surface area contributed by atoms with E-state index in [-0.39, 0.29) is 65.9 Å². The van der Waals surface area contributed by atoms with Gasteiger partial charge in [0, 0.05) is 184 Å². The van der Waals surface area contributed by atoms with E-state index in [9.17, 15) is 33.9 Å². The molecule has 2 N–H and O–H groups in total. The van der Waals surface area contributed by atoms with Crippen LogP contribution in [0.4, 0.5) is 0 Å². The molecule has 15 aromatic carbocycles. The SMILES string of the molecule is Brc1ccc2ccccc2c1.C=CCN1CCN(C(c2ccc(C(=O)N(CC)CC)cc2)c2ccc3ccccc3c2)CC1.CCN(CC)C(=O)c1ccc(C(Cl)c2ccc3ccccc3c2)cc1.CCN(CC)C(=O)c1ccc(C(O)c2ccc3ccccc3c2)cc1.CCN(CC)C(=O)c1ccc(C(c2ccc3ccccc3c2)N2CCNCC2)cc1.CCN(CC)C(=O)c1ccc(C=O)cc1.O=S(Cl)Cl.[CH2-]CCC.[Li+]. The van der Waals surface area contributed by atoms with Gasteiger partial charge in [0.2, 0.25) is 9.23 Å².